The van der Waals surface area contributed by atoms with Gasteiger partial charge in [0.15, 0.2) is 0 Å². The van der Waals surface area contributed by atoms with Crippen molar-refractivity contribution in [1.82, 2.24) is 14.5 Å². The van der Waals surface area contributed by atoms with E-state index < -0.39 is 10.0 Å². The van der Waals surface area contributed by atoms with Gasteiger partial charge in [-0.2, -0.15) is 0 Å². The number of rotatable bonds is 8. The number of nitrogens with zero attached hydrogens (tertiary/aromatic N) is 2. The molecule has 2 aliphatic heterocycles. The average molecular weight is 502 g/mol. The van der Waals surface area contributed by atoms with Crippen LogP contribution < -0.4 is 4.72 Å². The van der Waals surface area contributed by atoms with Crippen LogP contribution in [-0.4, -0.2) is 56.6 Å². The maximum absolute atomic E-state index is 13.2. The highest BCUT2D eigenvalue weighted by Gasteiger charge is 2.25. The molecule has 6 nitrogen and oxygen atoms in total. The lowest BCUT2D eigenvalue weighted by molar-refractivity contribution is 0.0693. The van der Waals surface area contributed by atoms with Crippen LogP contribution in [0, 0.1) is 5.92 Å². The predicted molar refractivity (Wildman–Crippen MR) is 138 cm³/mol. The standard InChI is InChI=1S/C26H35N3O3S2/c1-20-11-15-29(16-12-20)26(30)24-17-23(9-10-25(24)33-2)34(31,32)27-18-21-7-3-4-8-22(21)19-28-13-5-6-14-28/h3-4,7-10,17,20,27H,5-6,11-16,18-19H2,1-2H3. The Labute approximate surface area is 208 Å². The number of hydrogen-bond acceptors (Lipinski definition) is 5. The van der Waals surface area contributed by atoms with Crippen molar-refractivity contribution in [2.75, 3.05) is 32.4 Å². The SMILES string of the molecule is CSc1ccc(S(=O)(=O)NCc2ccccc2CN2CCCC2)cc1C(=O)N1CCC(C)CC1. The second-order valence-corrected chi connectivity index (χ2v) is 12.0. The Hall–Kier alpha value is -1.87. The number of carbonyl (C=O) groups is 1. The van der Waals surface area contributed by atoms with Crippen molar-refractivity contribution < 1.29 is 13.2 Å². The summed E-state index contributed by atoms with van der Waals surface area (Å²) in [6, 6.07) is 12.9. The monoisotopic (exact) mass is 501 g/mol. The van der Waals surface area contributed by atoms with Crippen molar-refractivity contribution in [3.63, 3.8) is 0 Å². The molecule has 2 aromatic rings. The first-order valence-electron chi connectivity index (χ1n) is 12.1. The Balaban J connectivity index is 1.50. The van der Waals surface area contributed by atoms with Crippen molar-refractivity contribution in [2.45, 2.75) is 55.5 Å². The van der Waals surface area contributed by atoms with E-state index in [2.05, 4.69) is 22.6 Å². The van der Waals surface area contributed by atoms with Crippen molar-refractivity contribution in [3.8, 4) is 0 Å². The van der Waals surface area contributed by atoms with E-state index in [9.17, 15) is 13.2 Å². The molecular formula is C26H35N3O3S2. The van der Waals surface area contributed by atoms with Gasteiger partial charge in [-0.3, -0.25) is 9.69 Å². The molecule has 0 aromatic heterocycles. The molecule has 2 aromatic carbocycles. The highest BCUT2D eigenvalue weighted by Crippen LogP contribution is 2.27. The number of likely N-dealkylation sites (tertiary alicyclic amines) is 2. The highest BCUT2D eigenvalue weighted by molar-refractivity contribution is 7.98. The lowest BCUT2D eigenvalue weighted by Gasteiger charge is -2.30. The van der Waals surface area contributed by atoms with E-state index in [0.717, 1.165) is 61.6 Å². The molecule has 0 atom stereocenters. The Morgan fingerprint density at radius 3 is 2.38 bits per heavy atom. The molecule has 2 saturated heterocycles. The zero-order valence-electron chi connectivity index (χ0n) is 20.1. The van der Waals surface area contributed by atoms with Gasteiger partial charge in [-0.1, -0.05) is 31.2 Å². The fourth-order valence-electron chi connectivity index (χ4n) is 4.73. The van der Waals surface area contributed by atoms with E-state index in [4.69, 9.17) is 0 Å². The molecule has 1 N–H and O–H groups in total. The van der Waals surface area contributed by atoms with Crippen LogP contribution in [-0.2, 0) is 23.1 Å². The number of nitrogens with one attached hydrogen (secondary N) is 1. The molecule has 2 fully saturated rings. The number of sulfonamides is 1. The lowest BCUT2D eigenvalue weighted by Crippen LogP contribution is -2.38. The normalized spacial score (nSPS) is 17.9. The summed E-state index contributed by atoms with van der Waals surface area (Å²) in [6.45, 7) is 6.89. The van der Waals surface area contributed by atoms with Crippen molar-refractivity contribution in [2.24, 2.45) is 5.92 Å². The van der Waals surface area contributed by atoms with Crippen LogP contribution >= 0.6 is 11.8 Å². The number of hydrogen-bond donors (Lipinski definition) is 1. The van der Waals surface area contributed by atoms with Gasteiger partial charge in [0, 0.05) is 31.1 Å². The smallest absolute Gasteiger partial charge is 0.255 e. The van der Waals surface area contributed by atoms with E-state index in [1.54, 1.807) is 18.2 Å². The van der Waals surface area contributed by atoms with Gasteiger partial charge in [-0.15, -0.1) is 11.8 Å². The summed E-state index contributed by atoms with van der Waals surface area (Å²) in [5, 5.41) is 0. The number of carbonyl (C=O) groups excluding carboxylic acids is 1. The van der Waals surface area contributed by atoms with Gasteiger partial charge < -0.3 is 4.90 Å². The van der Waals surface area contributed by atoms with Crippen LogP contribution in [0.5, 0.6) is 0 Å². The molecule has 184 valence electrons. The minimum Gasteiger partial charge on any atom is -0.339 e. The molecule has 0 unspecified atom stereocenters. The van der Waals surface area contributed by atoms with Crippen molar-refractivity contribution in [3.05, 3.63) is 59.2 Å². The first-order chi connectivity index (χ1) is 16.4. The van der Waals surface area contributed by atoms with Gasteiger partial charge in [0.1, 0.15) is 0 Å². The number of thioether (sulfide) groups is 1. The Morgan fingerprint density at radius 1 is 1.03 bits per heavy atom. The molecule has 34 heavy (non-hydrogen) atoms. The summed E-state index contributed by atoms with van der Waals surface area (Å²) < 4.78 is 29.2. The fraction of sp³-hybridized carbons (Fsp3) is 0.500. The van der Waals surface area contributed by atoms with E-state index in [1.165, 1.54) is 24.6 Å². The van der Waals surface area contributed by atoms with Crippen molar-refractivity contribution in [1.29, 1.82) is 0 Å². The maximum Gasteiger partial charge on any atom is 0.255 e. The van der Waals surface area contributed by atoms with Crippen LogP contribution in [0.4, 0.5) is 0 Å². The Bertz CT molecular complexity index is 1110. The van der Waals surface area contributed by atoms with E-state index in [0.29, 0.717) is 11.5 Å². The molecule has 0 aliphatic carbocycles. The summed E-state index contributed by atoms with van der Waals surface area (Å²) in [5.74, 6) is 0.539. The first kappa shape index (κ1) is 25.2. The number of piperidine rings is 1. The summed E-state index contributed by atoms with van der Waals surface area (Å²) in [6.07, 6.45) is 6.32. The Morgan fingerprint density at radius 2 is 1.71 bits per heavy atom. The molecule has 2 heterocycles. The highest BCUT2D eigenvalue weighted by atomic mass is 32.2. The van der Waals surface area contributed by atoms with Crippen LogP contribution in [0.3, 0.4) is 0 Å². The second-order valence-electron chi connectivity index (χ2n) is 9.41. The predicted octanol–water partition coefficient (Wildman–Crippen LogP) is 4.35. The lowest BCUT2D eigenvalue weighted by atomic mass is 9.98. The van der Waals surface area contributed by atoms with E-state index in [-0.39, 0.29) is 17.3 Å². The van der Waals surface area contributed by atoms with Crippen molar-refractivity contribution >= 4 is 27.7 Å². The minimum atomic E-state index is -3.77. The van der Waals surface area contributed by atoms with Gasteiger partial charge >= 0.3 is 0 Å². The summed E-state index contributed by atoms with van der Waals surface area (Å²) in [5.41, 5.74) is 2.61. The third-order valence-electron chi connectivity index (χ3n) is 6.95. The van der Waals surface area contributed by atoms with Crippen LogP contribution in [0.15, 0.2) is 52.3 Å². The summed E-state index contributed by atoms with van der Waals surface area (Å²) in [7, 11) is -3.77. The van der Waals surface area contributed by atoms with Gasteiger partial charge in [0.2, 0.25) is 10.0 Å². The zero-order valence-corrected chi connectivity index (χ0v) is 21.8. The quantitative estimate of drug-likeness (QED) is 0.545. The second kappa shape index (κ2) is 11.2. The number of amides is 1. The van der Waals surface area contributed by atoms with Gasteiger partial charge in [-0.05, 0) is 80.3 Å². The molecule has 0 radical (unpaired) electrons. The van der Waals surface area contributed by atoms with E-state index >= 15 is 0 Å². The Kier molecular flexibility index (Phi) is 8.34. The molecule has 0 bridgehead atoms. The maximum atomic E-state index is 13.2. The number of benzene rings is 2. The van der Waals surface area contributed by atoms with Crippen LogP contribution in [0.1, 0.15) is 54.1 Å². The molecule has 4 rings (SSSR count). The minimum absolute atomic E-state index is 0.0794. The molecule has 8 heteroatoms. The largest absolute Gasteiger partial charge is 0.339 e. The zero-order chi connectivity index (χ0) is 24.1. The molecule has 2 aliphatic rings. The van der Waals surface area contributed by atoms with Gasteiger partial charge in [0.25, 0.3) is 5.91 Å². The molecule has 0 spiro atoms. The molecular weight excluding hydrogens is 466 g/mol. The van der Waals surface area contributed by atoms with Gasteiger partial charge in [-0.25, -0.2) is 13.1 Å². The van der Waals surface area contributed by atoms with E-state index in [1.807, 2.05) is 29.4 Å². The first-order valence-corrected chi connectivity index (χ1v) is 14.8. The van der Waals surface area contributed by atoms with Crippen LogP contribution in [0.25, 0.3) is 0 Å². The topological polar surface area (TPSA) is 69.7 Å². The summed E-state index contributed by atoms with van der Waals surface area (Å²) in [4.78, 5) is 18.5. The third-order valence-corrected chi connectivity index (χ3v) is 9.14. The van der Waals surface area contributed by atoms with Gasteiger partial charge in [0.05, 0.1) is 10.5 Å². The molecule has 1 amide bonds. The van der Waals surface area contributed by atoms with Crippen LogP contribution in [0.2, 0.25) is 0 Å². The summed E-state index contributed by atoms with van der Waals surface area (Å²) >= 11 is 1.47. The molecule has 0 saturated carbocycles. The average Bonchev–Trinajstić information content (AvgIpc) is 3.36. The fourth-order valence-corrected chi connectivity index (χ4v) is 6.33. The third kappa shape index (κ3) is 6.03.